The number of alkyl halides is 2. The molecule has 11 nitrogen and oxygen atoms in total. The molecule has 1 amide bonds. The van der Waals surface area contributed by atoms with Gasteiger partial charge in [-0.3, -0.25) is 9.59 Å². The fourth-order valence-electron chi connectivity index (χ4n) is 3.90. The van der Waals surface area contributed by atoms with E-state index in [1.165, 1.54) is 54.9 Å². The van der Waals surface area contributed by atoms with Gasteiger partial charge in [0.2, 0.25) is 0 Å². The van der Waals surface area contributed by atoms with Crippen molar-refractivity contribution < 1.29 is 55.6 Å². The summed E-state index contributed by atoms with van der Waals surface area (Å²) in [4.78, 5) is 28.3. The van der Waals surface area contributed by atoms with E-state index < -0.39 is 41.3 Å². The second kappa shape index (κ2) is 15.3. The Labute approximate surface area is 261 Å². The molecule has 0 spiro atoms. The molecule has 4 rings (SSSR count). The average molecular weight is 678 g/mol. The molecule has 44 heavy (non-hydrogen) atoms. The molecule has 0 saturated heterocycles. The third kappa shape index (κ3) is 10.5. The standard InChI is InChI=1S/C28H26Cl2F2N2O8S.H2O/c1-43(37,38)42-19-7-4-17(5-8-19)27(36)34-14-26(35)40-24(11-20-21(29)12-33-13-22(20)30)18-6-9-23(41-28(31)32)25(10-18)39-15-16-2-3-16;/h4-10,12-13,16,24,28H,2-3,11,14-15H2,1H3,(H,34,36);1H2/t24-;/m0./s1. The van der Waals surface area contributed by atoms with E-state index in [4.69, 9.17) is 36.9 Å². The monoisotopic (exact) mass is 676 g/mol. The van der Waals surface area contributed by atoms with Gasteiger partial charge in [0, 0.05) is 17.5 Å². The lowest BCUT2D eigenvalue weighted by atomic mass is 10.0. The van der Waals surface area contributed by atoms with Crippen molar-refractivity contribution in [2.75, 3.05) is 19.4 Å². The van der Waals surface area contributed by atoms with Gasteiger partial charge in [-0.15, -0.1) is 0 Å². The number of hydrogen-bond donors (Lipinski definition) is 1. The van der Waals surface area contributed by atoms with Crippen molar-refractivity contribution in [2.24, 2.45) is 5.92 Å². The molecular weight excluding hydrogens is 649 g/mol. The highest BCUT2D eigenvalue weighted by Crippen LogP contribution is 2.37. The van der Waals surface area contributed by atoms with Crippen LogP contribution in [0.2, 0.25) is 10.0 Å². The molecule has 2 aromatic carbocycles. The molecule has 0 unspecified atom stereocenters. The van der Waals surface area contributed by atoms with Gasteiger partial charge in [0.1, 0.15) is 28.4 Å². The van der Waals surface area contributed by atoms with Gasteiger partial charge in [-0.2, -0.15) is 17.2 Å². The number of hydrogen-bond acceptors (Lipinski definition) is 9. The van der Waals surface area contributed by atoms with Crippen LogP contribution in [-0.2, 0) is 26.1 Å². The molecule has 0 radical (unpaired) electrons. The minimum absolute atomic E-state index is 0. The quantitative estimate of drug-likeness (QED) is 0.190. The molecule has 16 heteroatoms. The third-order valence-electron chi connectivity index (χ3n) is 6.14. The van der Waals surface area contributed by atoms with Gasteiger partial charge in [-0.25, -0.2) is 4.98 Å². The molecule has 1 atom stereocenters. The summed E-state index contributed by atoms with van der Waals surface area (Å²) in [5, 5.41) is 2.98. The maximum Gasteiger partial charge on any atom is 0.387 e. The number of nitrogens with one attached hydrogen (secondary N) is 2. The van der Waals surface area contributed by atoms with Crippen molar-refractivity contribution in [3.63, 3.8) is 0 Å². The molecule has 1 aliphatic carbocycles. The van der Waals surface area contributed by atoms with Crippen LogP contribution in [0.3, 0.4) is 0 Å². The minimum atomic E-state index is -3.74. The van der Waals surface area contributed by atoms with Crippen molar-refractivity contribution in [1.82, 2.24) is 5.32 Å². The van der Waals surface area contributed by atoms with Crippen LogP contribution in [0.5, 0.6) is 17.2 Å². The smallest absolute Gasteiger partial charge is 0.387 e. The Hall–Kier alpha value is -3.72. The van der Waals surface area contributed by atoms with Crippen LogP contribution in [0.15, 0.2) is 54.9 Å². The number of pyridine rings is 1. The van der Waals surface area contributed by atoms with Gasteiger partial charge in [-0.05, 0) is 60.7 Å². The summed E-state index contributed by atoms with van der Waals surface area (Å²) in [6.07, 6.45) is 4.81. The van der Waals surface area contributed by atoms with Crippen LogP contribution < -0.4 is 24.0 Å². The van der Waals surface area contributed by atoms with Gasteiger partial charge in [0.25, 0.3) is 5.91 Å². The Balaban J connectivity index is 0.00000529. The molecule has 3 aromatic rings. The van der Waals surface area contributed by atoms with Gasteiger partial charge < -0.3 is 29.2 Å². The average Bonchev–Trinajstić information content (AvgIpc) is 3.76. The van der Waals surface area contributed by atoms with Crippen LogP contribution in [-0.4, -0.2) is 51.8 Å². The van der Waals surface area contributed by atoms with E-state index in [1.807, 2.05) is 0 Å². The minimum Gasteiger partial charge on any atom is -0.870 e. The number of rotatable bonds is 14. The number of aromatic amines is 1. The second-order valence-corrected chi connectivity index (χ2v) is 12.0. The van der Waals surface area contributed by atoms with Crippen LogP contribution >= 0.6 is 23.2 Å². The highest BCUT2D eigenvalue weighted by molar-refractivity contribution is 7.86. The van der Waals surface area contributed by atoms with E-state index in [2.05, 4.69) is 15.0 Å². The van der Waals surface area contributed by atoms with Crippen molar-refractivity contribution in [3.05, 3.63) is 81.6 Å². The lowest BCUT2D eigenvalue weighted by molar-refractivity contribution is -0.377. The number of carbonyl (C=O) groups is 2. The Bertz CT molecular complexity index is 1550. The number of esters is 1. The molecule has 1 heterocycles. The molecule has 1 aromatic heterocycles. The van der Waals surface area contributed by atoms with Crippen molar-refractivity contribution in [1.29, 1.82) is 0 Å². The Morgan fingerprint density at radius 3 is 2.30 bits per heavy atom. The van der Waals surface area contributed by atoms with Gasteiger partial charge in [-0.1, -0.05) is 29.3 Å². The van der Waals surface area contributed by atoms with E-state index in [0.717, 1.165) is 19.1 Å². The Morgan fingerprint density at radius 1 is 1.05 bits per heavy atom. The largest absolute Gasteiger partial charge is 0.870 e. The number of amides is 1. The second-order valence-electron chi connectivity index (χ2n) is 9.65. The molecule has 0 bridgehead atoms. The summed E-state index contributed by atoms with van der Waals surface area (Å²) in [7, 11) is -3.74. The number of benzene rings is 2. The van der Waals surface area contributed by atoms with Crippen LogP contribution in [0, 0.1) is 5.92 Å². The first kappa shape index (κ1) is 34.8. The van der Waals surface area contributed by atoms with E-state index in [-0.39, 0.29) is 44.8 Å². The zero-order valence-corrected chi connectivity index (χ0v) is 25.4. The maximum atomic E-state index is 13.0. The molecule has 1 fully saturated rings. The molecule has 1 saturated carbocycles. The SMILES string of the molecule is CS(=O)(=O)Oc1ccc(C(=O)NCC(=O)O[C@@H](Cc2c(Cl)c[nH+]cc2Cl)c2ccc(OC(F)F)c(OCC3CC3)c2)cc1.[OH-]. The summed E-state index contributed by atoms with van der Waals surface area (Å²) in [5.74, 6) is -1.23. The number of H-pyrrole nitrogens is 1. The van der Waals surface area contributed by atoms with Crippen LogP contribution in [0.1, 0.15) is 40.4 Å². The molecule has 0 aliphatic heterocycles. The highest BCUT2D eigenvalue weighted by atomic mass is 35.5. The topological polar surface area (TPSA) is 161 Å². The Morgan fingerprint density at radius 2 is 1.70 bits per heavy atom. The molecule has 1 aliphatic rings. The summed E-state index contributed by atoms with van der Waals surface area (Å²) >= 11 is 12.7. The summed E-state index contributed by atoms with van der Waals surface area (Å²) in [6.45, 7) is -3.29. The van der Waals surface area contributed by atoms with E-state index >= 15 is 0 Å². The van der Waals surface area contributed by atoms with Gasteiger partial charge in [0.15, 0.2) is 23.9 Å². The fourth-order valence-corrected chi connectivity index (χ4v) is 4.89. The summed E-state index contributed by atoms with van der Waals surface area (Å²) in [5.41, 5.74) is 0.971. The first-order chi connectivity index (χ1) is 20.4. The normalized spacial score (nSPS) is 13.4. The predicted molar refractivity (Wildman–Crippen MR) is 153 cm³/mol. The van der Waals surface area contributed by atoms with Crippen LogP contribution in [0.4, 0.5) is 8.78 Å². The third-order valence-corrected chi connectivity index (χ3v) is 7.31. The Kier molecular flexibility index (Phi) is 12.1. The summed E-state index contributed by atoms with van der Waals surface area (Å²) in [6, 6.07) is 9.44. The number of ether oxygens (including phenoxy) is 3. The summed E-state index contributed by atoms with van der Waals surface area (Å²) < 4.78 is 69.4. The predicted octanol–water partition coefficient (Wildman–Crippen LogP) is 4.62. The molecular formula is C28H28Cl2F2N2O9S. The van der Waals surface area contributed by atoms with Crippen LogP contribution in [0.25, 0.3) is 0 Å². The van der Waals surface area contributed by atoms with E-state index in [1.54, 1.807) is 0 Å². The number of aromatic nitrogens is 1. The van der Waals surface area contributed by atoms with Crippen molar-refractivity contribution in [3.8, 4) is 17.2 Å². The number of carbonyl (C=O) groups excluding carboxylic acids is 2. The van der Waals surface area contributed by atoms with E-state index in [9.17, 15) is 26.8 Å². The zero-order chi connectivity index (χ0) is 31.1. The first-order valence-corrected chi connectivity index (χ1v) is 15.5. The fraction of sp³-hybridized carbons (Fsp3) is 0.321. The molecule has 3 N–H and O–H groups in total. The van der Waals surface area contributed by atoms with Crippen molar-refractivity contribution in [2.45, 2.75) is 32.0 Å². The lowest BCUT2D eigenvalue weighted by Crippen LogP contribution is -2.31. The highest BCUT2D eigenvalue weighted by Gasteiger charge is 2.26. The van der Waals surface area contributed by atoms with Gasteiger partial charge >= 0.3 is 22.7 Å². The number of halogens is 4. The van der Waals surface area contributed by atoms with Gasteiger partial charge in [0.05, 0.1) is 12.9 Å². The van der Waals surface area contributed by atoms with Crippen molar-refractivity contribution >= 4 is 45.2 Å². The first-order valence-electron chi connectivity index (χ1n) is 12.9. The zero-order valence-electron chi connectivity index (χ0n) is 23.1. The lowest BCUT2D eigenvalue weighted by Gasteiger charge is -2.21. The maximum absolute atomic E-state index is 13.0. The van der Waals surface area contributed by atoms with E-state index in [0.29, 0.717) is 23.7 Å². The molecule has 238 valence electrons.